The summed E-state index contributed by atoms with van der Waals surface area (Å²) in [7, 11) is 0. The van der Waals surface area contributed by atoms with Crippen molar-refractivity contribution in [3.8, 4) is 5.75 Å². The highest BCUT2D eigenvalue weighted by atomic mass is 16.5. The highest BCUT2D eigenvalue weighted by Crippen LogP contribution is 2.20. The lowest BCUT2D eigenvalue weighted by molar-refractivity contribution is -0.111. The summed E-state index contributed by atoms with van der Waals surface area (Å²) >= 11 is 0. The number of ether oxygens (including phenoxy) is 2. The van der Waals surface area contributed by atoms with Crippen LogP contribution in [0.3, 0.4) is 0 Å². The molecular weight excluding hydrogens is 304 g/mol. The molecule has 1 aliphatic carbocycles. The smallest absolute Gasteiger partial charge is 0.153 e. The highest BCUT2D eigenvalue weighted by Gasteiger charge is 2.15. The molecule has 0 saturated heterocycles. The lowest BCUT2D eigenvalue weighted by atomic mass is 10.0. The van der Waals surface area contributed by atoms with E-state index in [9.17, 15) is 9.59 Å². The first kappa shape index (κ1) is 18.0. The van der Waals surface area contributed by atoms with E-state index in [1.54, 1.807) is 6.07 Å². The maximum Gasteiger partial charge on any atom is 0.153 e. The molecular formula is C20H24O4. The predicted octanol–water partition coefficient (Wildman–Crippen LogP) is 4.11. The van der Waals surface area contributed by atoms with Crippen molar-refractivity contribution in [3.63, 3.8) is 0 Å². The minimum Gasteiger partial charge on any atom is -0.497 e. The molecule has 0 heterocycles. The Morgan fingerprint density at radius 2 is 1.75 bits per heavy atom. The highest BCUT2D eigenvalue weighted by molar-refractivity contribution is 5.79. The van der Waals surface area contributed by atoms with Crippen molar-refractivity contribution in [1.29, 1.82) is 0 Å². The van der Waals surface area contributed by atoms with Gasteiger partial charge in [-0.3, -0.25) is 4.79 Å². The molecule has 1 atom stereocenters. The number of allylic oxidation sites excluding steroid dienone is 4. The lowest BCUT2D eigenvalue weighted by Gasteiger charge is -2.17. The molecule has 4 heteroatoms. The molecule has 0 saturated carbocycles. The van der Waals surface area contributed by atoms with Crippen LogP contribution in [0.4, 0.5) is 0 Å². The summed E-state index contributed by atoms with van der Waals surface area (Å²) in [5.41, 5.74) is 0.588. The third kappa shape index (κ3) is 5.69. The minimum atomic E-state index is -0.124. The number of para-hydroxylation sites is 1. The average Bonchev–Trinajstić information content (AvgIpc) is 2.64. The predicted molar refractivity (Wildman–Crippen MR) is 93.1 cm³/mol. The number of hydrogen-bond acceptors (Lipinski definition) is 4. The van der Waals surface area contributed by atoms with Gasteiger partial charge in [0.05, 0.1) is 24.7 Å². The fourth-order valence-electron chi connectivity index (χ4n) is 2.54. The molecule has 0 bridgehead atoms. The largest absolute Gasteiger partial charge is 0.497 e. The second-order valence-electron chi connectivity index (χ2n) is 5.74. The van der Waals surface area contributed by atoms with Gasteiger partial charge in [0.25, 0.3) is 0 Å². The third-order valence-electron chi connectivity index (χ3n) is 3.93. The van der Waals surface area contributed by atoms with Gasteiger partial charge in [0.15, 0.2) is 6.29 Å². The Hall–Kier alpha value is -2.36. The van der Waals surface area contributed by atoms with Crippen molar-refractivity contribution in [3.05, 3.63) is 53.8 Å². The number of unbranched alkanes of at least 4 members (excludes halogenated alkanes) is 3. The van der Waals surface area contributed by atoms with Crippen LogP contribution in [0.1, 0.15) is 42.5 Å². The van der Waals surface area contributed by atoms with Crippen molar-refractivity contribution in [2.24, 2.45) is 5.92 Å². The topological polar surface area (TPSA) is 52.6 Å². The number of rotatable bonds is 11. The quantitative estimate of drug-likeness (QED) is 0.453. The summed E-state index contributed by atoms with van der Waals surface area (Å²) in [4.78, 5) is 21.8. The van der Waals surface area contributed by atoms with Gasteiger partial charge in [0.2, 0.25) is 0 Å². The fraction of sp³-hybridized carbons (Fsp3) is 0.400. The van der Waals surface area contributed by atoms with Crippen molar-refractivity contribution in [2.45, 2.75) is 32.1 Å². The first-order valence-electron chi connectivity index (χ1n) is 8.47. The molecule has 1 unspecified atom stereocenters. The van der Waals surface area contributed by atoms with Crippen LogP contribution in [0.15, 0.2) is 48.3 Å². The Balaban J connectivity index is 1.54. The second kappa shape index (κ2) is 10.4. The zero-order chi connectivity index (χ0) is 17.0. The summed E-state index contributed by atoms with van der Waals surface area (Å²) in [6, 6.07) is 7.25. The van der Waals surface area contributed by atoms with E-state index < -0.39 is 0 Å². The first-order valence-corrected chi connectivity index (χ1v) is 8.47. The molecule has 0 aliphatic heterocycles. The van der Waals surface area contributed by atoms with Crippen LogP contribution in [0, 0.1) is 5.92 Å². The molecule has 0 fully saturated rings. The number of hydrogen-bond donors (Lipinski definition) is 0. The Labute approximate surface area is 143 Å². The van der Waals surface area contributed by atoms with Gasteiger partial charge in [-0.15, -0.1) is 0 Å². The van der Waals surface area contributed by atoms with Gasteiger partial charge in [0, 0.05) is 0 Å². The molecule has 0 aromatic heterocycles. The molecule has 24 heavy (non-hydrogen) atoms. The van der Waals surface area contributed by atoms with E-state index in [0.29, 0.717) is 24.5 Å². The van der Waals surface area contributed by atoms with Crippen LogP contribution >= 0.6 is 0 Å². The van der Waals surface area contributed by atoms with Crippen LogP contribution in [0.2, 0.25) is 0 Å². The molecule has 2 rings (SSSR count). The Morgan fingerprint density at radius 3 is 2.50 bits per heavy atom. The molecule has 0 radical (unpaired) electrons. The second-order valence-corrected chi connectivity index (χ2v) is 5.74. The number of aldehydes is 2. The van der Waals surface area contributed by atoms with Crippen LogP contribution in [0.5, 0.6) is 5.75 Å². The Kier molecular flexibility index (Phi) is 7.81. The fourth-order valence-corrected chi connectivity index (χ4v) is 2.54. The van der Waals surface area contributed by atoms with E-state index in [1.165, 1.54) is 0 Å². The molecule has 1 aromatic rings. The zero-order valence-corrected chi connectivity index (χ0v) is 13.9. The molecule has 4 nitrogen and oxygen atoms in total. The Morgan fingerprint density at radius 1 is 1.00 bits per heavy atom. The summed E-state index contributed by atoms with van der Waals surface area (Å²) in [6.07, 6.45) is 12.3. The molecule has 1 aliphatic rings. The van der Waals surface area contributed by atoms with Gasteiger partial charge in [-0.25, -0.2) is 0 Å². The molecule has 128 valence electrons. The van der Waals surface area contributed by atoms with Gasteiger partial charge in [-0.05, 0) is 50.3 Å². The van der Waals surface area contributed by atoms with E-state index in [2.05, 4.69) is 0 Å². The average molecular weight is 328 g/mol. The van der Waals surface area contributed by atoms with Gasteiger partial charge in [-0.2, -0.15) is 0 Å². The maximum absolute atomic E-state index is 10.9. The van der Waals surface area contributed by atoms with E-state index in [0.717, 1.165) is 50.4 Å². The van der Waals surface area contributed by atoms with Crippen molar-refractivity contribution in [1.82, 2.24) is 0 Å². The number of benzene rings is 1. The summed E-state index contributed by atoms with van der Waals surface area (Å²) in [5, 5.41) is 0. The normalized spacial score (nSPS) is 16.3. The van der Waals surface area contributed by atoms with Crippen LogP contribution in [-0.4, -0.2) is 25.8 Å². The Bertz CT molecular complexity index is 589. The van der Waals surface area contributed by atoms with E-state index in [-0.39, 0.29) is 5.92 Å². The van der Waals surface area contributed by atoms with Crippen LogP contribution in [-0.2, 0) is 9.53 Å². The van der Waals surface area contributed by atoms with Crippen molar-refractivity contribution in [2.75, 3.05) is 13.2 Å². The molecule has 0 N–H and O–H groups in total. The summed E-state index contributed by atoms with van der Waals surface area (Å²) in [6.45, 7) is 1.24. The first-order chi connectivity index (χ1) is 11.8. The standard InChI is InChI=1S/C20H24O4/c21-15-17-9-3-5-11-19(17)23-13-7-1-2-8-14-24-20-12-6-4-10-18(20)16-22/h3-6,9,11-12,15-16,18H,1-2,7-8,10,13-14H2. The monoisotopic (exact) mass is 328 g/mol. The van der Waals surface area contributed by atoms with Crippen molar-refractivity contribution < 1.29 is 19.1 Å². The molecule has 0 spiro atoms. The summed E-state index contributed by atoms with van der Waals surface area (Å²) in [5.74, 6) is 1.30. The molecule has 0 amide bonds. The third-order valence-corrected chi connectivity index (χ3v) is 3.93. The zero-order valence-electron chi connectivity index (χ0n) is 13.9. The number of carbonyl (C=O) groups excluding carboxylic acids is 2. The minimum absolute atomic E-state index is 0.124. The van der Waals surface area contributed by atoms with Gasteiger partial charge in [0.1, 0.15) is 17.8 Å². The van der Waals surface area contributed by atoms with E-state index in [4.69, 9.17) is 9.47 Å². The SMILES string of the molecule is O=Cc1ccccc1OCCCCCCOC1=CC=CCC1C=O. The van der Waals surface area contributed by atoms with Crippen LogP contribution < -0.4 is 4.74 Å². The molecule has 1 aromatic carbocycles. The van der Waals surface area contributed by atoms with Gasteiger partial charge >= 0.3 is 0 Å². The van der Waals surface area contributed by atoms with E-state index in [1.807, 2.05) is 36.4 Å². The lowest BCUT2D eigenvalue weighted by Crippen LogP contribution is -2.11. The van der Waals surface area contributed by atoms with Gasteiger partial charge < -0.3 is 14.3 Å². The van der Waals surface area contributed by atoms with Crippen molar-refractivity contribution >= 4 is 12.6 Å². The van der Waals surface area contributed by atoms with Gasteiger partial charge in [-0.1, -0.05) is 24.3 Å². The summed E-state index contributed by atoms with van der Waals surface area (Å²) < 4.78 is 11.3. The maximum atomic E-state index is 10.9. The number of carbonyl (C=O) groups is 2. The van der Waals surface area contributed by atoms with E-state index >= 15 is 0 Å². The van der Waals surface area contributed by atoms with Crippen LogP contribution in [0.25, 0.3) is 0 Å².